The fourth-order valence-corrected chi connectivity index (χ4v) is 2.86. The van der Waals surface area contributed by atoms with Gasteiger partial charge in [-0.1, -0.05) is 29.8 Å². The highest BCUT2D eigenvalue weighted by atomic mass is 19.4. The average molecular weight is 330 g/mol. The third-order valence-electron chi connectivity index (χ3n) is 4.04. The van der Waals surface area contributed by atoms with E-state index in [4.69, 9.17) is 0 Å². The highest BCUT2D eigenvalue weighted by Crippen LogP contribution is 2.33. The van der Waals surface area contributed by atoms with Crippen molar-refractivity contribution in [3.8, 4) is 0 Å². The Morgan fingerprint density at radius 1 is 1.39 bits per heavy atom. The number of carbonyl (C=O) groups excluding carboxylic acids is 1. The van der Waals surface area contributed by atoms with E-state index in [-0.39, 0.29) is 24.1 Å². The maximum atomic E-state index is 13.2. The van der Waals surface area contributed by atoms with Crippen molar-refractivity contribution in [3.63, 3.8) is 0 Å². The third kappa shape index (κ3) is 5.13. The minimum absolute atomic E-state index is 0.00365. The molecule has 4 nitrogen and oxygen atoms in total. The lowest BCUT2D eigenvalue weighted by Crippen LogP contribution is -2.44. The molecule has 0 bridgehead atoms. The maximum Gasteiger partial charge on any atom is 0.412 e. The van der Waals surface area contributed by atoms with Crippen LogP contribution in [-0.4, -0.2) is 30.0 Å². The van der Waals surface area contributed by atoms with Crippen molar-refractivity contribution < 1.29 is 23.1 Å². The van der Waals surface area contributed by atoms with Gasteiger partial charge in [-0.3, -0.25) is 0 Å². The van der Waals surface area contributed by atoms with Crippen molar-refractivity contribution in [1.29, 1.82) is 0 Å². The number of nitrogens with one attached hydrogen (secondary N) is 2. The van der Waals surface area contributed by atoms with Crippen molar-refractivity contribution >= 4 is 6.03 Å². The molecule has 0 aromatic heterocycles. The lowest BCUT2D eigenvalue weighted by atomic mass is 10.0. The predicted molar refractivity (Wildman–Crippen MR) is 79.9 cm³/mol. The summed E-state index contributed by atoms with van der Waals surface area (Å²) >= 11 is 0. The number of rotatable bonds is 4. The summed E-state index contributed by atoms with van der Waals surface area (Å²) in [6.07, 6.45) is -2.94. The summed E-state index contributed by atoms with van der Waals surface area (Å²) in [5.74, 6) is 0.110. The van der Waals surface area contributed by atoms with Crippen LogP contribution in [0.5, 0.6) is 0 Å². The third-order valence-corrected chi connectivity index (χ3v) is 4.04. The molecule has 0 radical (unpaired) electrons. The van der Waals surface area contributed by atoms with Crippen LogP contribution in [0.4, 0.5) is 18.0 Å². The van der Waals surface area contributed by atoms with Gasteiger partial charge in [-0.15, -0.1) is 0 Å². The summed E-state index contributed by atoms with van der Waals surface area (Å²) in [6, 6.07) is 3.09. The fourth-order valence-electron chi connectivity index (χ4n) is 2.86. The van der Waals surface area contributed by atoms with Gasteiger partial charge < -0.3 is 15.7 Å². The van der Waals surface area contributed by atoms with Gasteiger partial charge in [-0.25, -0.2) is 4.79 Å². The number of amides is 2. The molecular weight excluding hydrogens is 309 g/mol. The summed E-state index contributed by atoms with van der Waals surface area (Å²) in [6.45, 7) is 1.96. The number of hydrogen-bond donors (Lipinski definition) is 3. The number of aliphatic hydroxyl groups is 1. The van der Waals surface area contributed by atoms with E-state index in [1.54, 1.807) is 13.0 Å². The number of alkyl halides is 3. The summed E-state index contributed by atoms with van der Waals surface area (Å²) < 4.78 is 39.6. The zero-order valence-electron chi connectivity index (χ0n) is 12.9. The monoisotopic (exact) mass is 330 g/mol. The second-order valence-corrected chi connectivity index (χ2v) is 6.08. The van der Waals surface area contributed by atoms with Crippen molar-refractivity contribution in [2.24, 2.45) is 5.92 Å². The summed E-state index contributed by atoms with van der Waals surface area (Å²) in [4.78, 5) is 11.8. The smallest absolute Gasteiger partial charge is 0.393 e. The largest absolute Gasteiger partial charge is 0.412 e. The Bertz CT molecular complexity index is 548. The highest BCUT2D eigenvalue weighted by molar-refractivity contribution is 5.74. The minimum Gasteiger partial charge on any atom is -0.393 e. The first-order valence-corrected chi connectivity index (χ1v) is 7.61. The van der Waals surface area contributed by atoms with Crippen LogP contribution in [0.2, 0.25) is 0 Å². The van der Waals surface area contributed by atoms with Crippen molar-refractivity contribution in [3.05, 3.63) is 35.4 Å². The Labute approximate surface area is 133 Å². The van der Waals surface area contributed by atoms with Crippen LogP contribution in [-0.2, 0) is 0 Å². The molecule has 0 spiro atoms. The second kappa shape index (κ2) is 7.21. The highest BCUT2D eigenvalue weighted by Gasteiger charge is 2.42. The van der Waals surface area contributed by atoms with Gasteiger partial charge in [0.1, 0.15) is 0 Å². The van der Waals surface area contributed by atoms with E-state index >= 15 is 0 Å². The number of aliphatic hydroxyl groups excluding tert-OH is 1. The SMILES string of the molecule is Cc1cccc([C@H](NC(=O)NC[C@@H]2CC[C@@H](O)C2)C(F)(F)F)c1. The van der Waals surface area contributed by atoms with Gasteiger partial charge in [-0.2, -0.15) is 13.2 Å². The molecule has 128 valence electrons. The maximum absolute atomic E-state index is 13.2. The summed E-state index contributed by atoms with van der Waals surface area (Å²) in [7, 11) is 0. The van der Waals surface area contributed by atoms with Crippen molar-refractivity contribution in [2.75, 3.05) is 6.54 Å². The zero-order valence-corrected chi connectivity index (χ0v) is 12.9. The molecule has 0 unspecified atom stereocenters. The zero-order chi connectivity index (χ0) is 17.0. The van der Waals surface area contributed by atoms with Crippen LogP contribution < -0.4 is 10.6 Å². The van der Waals surface area contributed by atoms with Crippen LogP contribution in [0.15, 0.2) is 24.3 Å². The van der Waals surface area contributed by atoms with Gasteiger partial charge in [-0.05, 0) is 37.7 Å². The Hall–Kier alpha value is -1.76. The molecular formula is C16H21F3N2O2. The van der Waals surface area contributed by atoms with Crippen molar-refractivity contribution in [2.45, 2.75) is 44.5 Å². The number of aryl methyl sites for hydroxylation is 1. The van der Waals surface area contributed by atoms with E-state index in [2.05, 4.69) is 5.32 Å². The first kappa shape index (κ1) is 17.6. The molecule has 0 saturated heterocycles. The molecule has 0 aliphatic heterocycles. The van der Waals surface area contributed by atoms with Crippen LogP contribution in [0, 0.1) is 12.8 Å². The Kier molecular flexibility index (Phi) is 5.51. The van der Waals surface area contributed by atoms with Crippen LogP contribution in [0.1, 0.15) is 36.4 Å². The van der Waals surface area contributed by atoms with Gasteiger partial charge in [0.05, 0.1) is 6.10 Å². The lowest BCUT2D eigenvalue weighted by Gasteiger charge is -2.23. The van der Waals surface area contributed by atoms with Crippen LogP contribution in [0.25, 0.3) is 0 Å². The van der Waals surface area contributed by atoms with Gasteiger partial charge >= 0.3 is 12.2 Å². The predicted octanol–water partition coefficient (Wildman–Crippen LogP) is 3.06. The van der Waals surface area contributed by atoms with E-state index < -0.39 is 18.2 Å². The molecule has 23 heavy (non-hydrogen) atoms. The number of benzene rings is 1. The molecule has 2 rings (SSSR count). The van der Waals surface area contributed by atoms with E-state index in [0.717, 1.165) is 6.42 Å². The molecule has 3 N–H and O–H groups in total. The lowest BCUT2D eigenvalue weighted by molar-refractivity contribution is -0.154. The van der Waals surface area contributed by atoms with E-state index in [9.17, 15) is 23.1 Å². The molecule has 1 saturated carbocycles. The normalized spacial score (nSPS) is 22.7. The van der Waals surface area contributed by atoms with E-state index in [0.29, 0.717) is 18.4 Å². The standard InChI is InChI=1S/C16H21F3N2O2/c1-10-3-2-4-12(7-10)14(16(17,18)19)21-15(23)20-9-11-5-6-13(22)8-11/h2-4,7,11,13-14,22H,5-6,8-9H2,1H3,(H2,20,21,23)/t11-,13-,14+/m1/s1. The Balaban J connectivity index is 1.96. The Morgan fingerprint density at radius 2 is 2.13 bits per heavy atom. The van der Waals surface area contributed by atoms with Gasteiger partial charge in [0, 0.05) is 6.54 Å². The quantitative estimate of drug-likeness (QED) is 0.794. The number of halogens is 3. The van der Waals surface area contributed by atoms with Gasteiger partial charge in [0.15, 0.2) is 6.04 Å². The number of hydrogen-bond acceptors (Lipinski definition) is 2. The van der Waals surface area contributed by atoms with E-state index in [1.807, 2.05) is 5.32 Å². The van der Waals surface area contributed by atoms with Gasteiger partial charge in [0.2, 0.25) is 0 Å². The summed E-state index contributed by atoms with van der Waals surface area (Å²) in [5.41, 5.74) is 0.697. The second-order valence-electron chi connectivity index (χ2n) is 6.08. The molecule has 1 aliphatic rings. The first-order valence-electron chi connectivity index (χ1n) is 7.61. The molecule has 2 amide bonds. The first-order chi connectivity index (χ1) is 10.8. The molecule has 1 aromatic rings. The van der Waals surface area contributed by atoms with E-state index in [1.165, 1.54) is 18.2 Å². The molecule has 1 aliphatic carbocycles. The van der Waals surface area contributed by atoms with Gasteiger partial charge in [0.25, 0.3) is 0 Å². The Morgan fingerprint density at radius 3 is 2.70 bits per heavy atom. The summed E-state index contributed by atoms with van der Waals surface area (Å²) in [5, 5.41) is 13.9. The number of urea groups is 1. The van der Waals surface area contributed by atoms with Crippen molar-refractivity contribution in [1.82, 2.24) is 10.6 Å². The molecule has 0 heterocycles. The fraction of sp³-hybridized carbons (Fsp3) is 0.562. The topological polar surface area (TPSA) is 61.4 Å². The average Bonchev–Trinajstić information content (AvgIpc) is 2.87. The molecule has 3 atom stereocenters. The molecule has 1 aromatic carbocycles. The molecule has 1 fully saturated rings. The molecule has 7 heteroatoms. The number of carbonyl (C=O) groups is 1. The van der Waals surface area contributed by atoms with Crippen LogP contribution in [0.3, 0.4) is 0 Å². The minimum atomic E-state index is -4.57. The van der Waals surface area contributed by atoms with Crippen LogP contribution >= 0.6 is 0 Å².